The highest BCUT2D eigenvalue weighted by molar-refractivity contribution is 5.81. The van der Waals surface area contributed by atoms with Crippen LogP contribution in [0.4, 0.5) is 4.79 Å². The lowest BCUT2D eigenvalue weighted by Gasteiger charge is -1.96. The fraction of sp³-hybridized carbons (Fsp3) is 0.429. The van der Waals surface area contributed by atoms with E-state index in [-0.39, 0.29) is 6.61 Å². The van der Waals surface area contributed by atoms with Gasteiger partial charge in [-0.3, -0.25) is 0 Å². The summed E-state index contributed by atoms with van der Waals surface area (Å²) >= 11 is 0. The fourth-order valence-corrected chi connectivity index (χ4v) is 0.691. The minimum absolute atomic E-state index is 0.145. The lowest BCUT2D eigenvalue weighted by atomic mass is 10.3. The number of ether oxygens (including phenoxy) is 3. The molecule has 5 nitrogen and oxygen atoms in total. The fourth-order valence-electron chi connectivity index (χ4n) is 0.691. The summed E-state index contributed by atoms with van der Waals surface area (Å²) in [6, 6.07) is 0. The Hall–Kier alpha value is -1.52. The van der Waals surface area contributed by atoms with Crippen molar-refractivity contribution in [2.75, 3.05) is 13.7 Å². The van der Waals surface area contributed by atoms with Crippen LogP contribution in [-0.2, 0) is 19.0 Å². The zero-order valence-electron chi connectivity index (χ0n) is 6.48. The van der Waals surface area contributed by atoms with E-state index in [1.54, 1.807) is 0 Å². The second kappa shape index (κ2) is 3.75. The van der Waals surface area contributed by atoms with Gasteiger partial charge in [-0.05, 0) is 6.08 Å². The van der Waals surface area contributed by atoms with Gasteiger partial charge < -0.3 is 14.2 Å². The van der Waals surface area contributed by atoms with Gasteiger partial charge in [0.15, 0.2) is 6.10 Å². The Morgan fingerprint density at radius 2 is 2.50 bits per heavy atom. The van der Waals surface area contributed by atoms with Crippen molar-refractivity contribution in [3.05, 3.63) is 12.2 Å². The molecule has 0 aromatic carbocycles. The minimum atomic E-state index is -0.713. The number of cyclic esters (lactones) is 2. The largest absolute Gasteiger partial charge is 0.509 e. The van der Waals surface area contributed by atoms with Gasteiger partial charge in [0.05, 0.1) is 7.11 Å². The van der Waals surface area contributed by atoms with Gasteiger partial charge in [0.1, 0.15) is 6.61 Å². The van der Waals surface area contributed by atoms with Gasteiger partial charge >= 0.3 is 12.1 Å². The molecule has 1 aliphatic heterocycles. The predicted octanol–water partition coefficient (Wildman–Crippen LogP) is 0.251. The second-order valence-electron chi connectivity index (χ2n) is 2.10. The molecule has 0 bridgehead atoms. The minimum Gasteiger partial charge on any atom is -0.466 e. The van der Waals surface area contributed by atoms with E-state index in [4.69, 9.17) is 0 Å². The first-order chi connectivity index (χ1) is 5.72. The first-order valence-electron chi connectivity index (χ1n) is 3.32. The molecule has 1 atom stereocenters. The van der Waals surface area contributed by atoms with Crippen molar-refractivity contribution in [3.8, 4) is 0 Å². The highest BCUT2D eigenvalue weighted by Gasteiger charge is 2.22. The van der Waals surface area contributed by atoms with Crippen LogP contribution in [-0.4, -0.2) is 31.9 Å². The molecule has 0 unspecified atom stereocenters. The van der Waals surface area contributed by atoms with E-state index < -0.39 is 18.2 Å². The van der Waals surface area contributed by atoms with Gasteiger partial charge in [0.25, 0.3) is 0 Å². The molecule has 0 N–H and O–H groups in total. The molecule has 66 valence electrons. The van der Waals surface area contributed by atoms with Crippen LogP contribution in [0.1, 0.15) is 0 Å². The Labute approximate surface area is 68.9 Å². The van der Waals surface area contributed by atoms with Crippen molar-refractivity contribution < 1.29 is 23.8 Å². The van der Waals surface area contributed by atoms with E-state index in [1.165, 1.54) is 19.3 Å². The van der Waals surface area contributed by atoms with Crippen molar-refractivity contribution in [3.63, 3.8) is 0 Å². The van der Waals surface area contributed by atoms with Gasteiger partial charge in [-0.2, -0.15) is 0 Å². The molecule has 5 heteroatoms. The van der Waals surface area contributed by atoms with Crippen LogP contribution in [0.5, 0.6) is 0 Å². The Bertz CT molecular complexity index is 220. The molecule has 0 saturated carbocycles. The zero-order chi connectivity index (χ0) is 8.97. The summed E-state index contributed by atoms with van der Waals surface area (Å²) in [5.41, 5.74) is 0. The molecule has 1 rings (SSSR count). The van der Waals surface area contributed by atoms with Crippen LogP contribution in [0.3, 0.4) is 0 Å². The second-order valence-corrected chi connectivity index (χ2v) is 2.10. The summed E-state index contributed by atoms with van der Waals surface area (Å²) < 4.78 is 13.4. The van der Waals surface area contributed by atoms with E-state index in [0.717, 1.165) is 0 Å². The van der Waals surface area contributed by atoms with Gasteiger partial charge in [-0.1, -0.05) is 0 Å². The molecule has 1 saturated heterocycles. The highest BCUT2D eigenvalue weighted by Crippen LogP contribution is 2.06. The van der Waals surface area contributed by atoms with Gasteiger partial charge in [-0.25, -0.2) is 9.59 Å². The van der Waals surface area contributed by atoms with Crippen molar-refractivity contribution >= 4 is 12.1 Å². The Morgan fingerprint density at radius 3 is 3.00 bits per heavy atom. The molecular formula is C7H8O5. The quantitative estimate of drug-likeness (QED) is 0.441. The summed E-state index contributed by atoms with van der Waals surface area (Å²) in [5.74, 6) is -0.488. The summed E-state index contributed by atoms with van der Waals surface area (Å²) in [6.07, 6.45) is 1.41. The van der Waals surface area contributed by atoms with Crippen LogP contribution in [0.15, 0.2) is 12.2 Å². The van der Waals surface area contributed by atoms with Gasteiger partial charge in [0.2, 0.25) is 0 Å². The standard InChI is InChI=1S/C7H8O5/c1-10-6(8)3-2-5-4-11-7(9)12-5/h2-3,5H,4H2,1H3/b3-2+/t5-/m1/s1. The van der Waals surface area contributed by atoms with E-state index in [9.17, 15) is 9.59 Å². The Kier molecular flexibility index (Phi) is 2.68. The zero-order valence-corrected chi connectivity index (χ0v) is 6.48. The van der Waals surface area contributed by atoms with Crippen molar-refractivity contribution in [1.82, 2.24) is 0 Å². The maximum Gasteiger partial charge on any atom is 0.509 e. The van der Waals surface area contributed by atoms with Crippen LogP contribution in [0.2, 0.25) is 0 Å². The molecule has 0 amide bonds. The first-order valence-corrected chi connectivity index (χ1v) is 3.32. The summed E-state index contributed by atoms with van der Waals surface area (Å²) in [7, 11) is 1.27. The third-order valence-electron chi connectivity index (χ3n) is 1.26. The Balaban J connectivity index is 2.36. The molecule has 0 aromatic rings. The lowest BCUT2D eigenvalue weighted by molar-refractivity contribution is -0.134. The van der Waals surface area contributed by atoms with Crippen molar-refractivity contribution in [2.45, 2.75) is 6.10 Å². The van der Waals surface area contributed by atoms with Crippen molar-refractivity contribution in [1.29, 1.82) is 0 Å². The molecule has 1 heterocycles. The van der Waals surface area contributed by atoms with E-state index >= 15 is 0 Å². The first kappa shape index (κ1) is 8.58. The molecule has 1 fully saturated rings. The van der Waals surface area contributed by atoms with Crippen molar-refractivity contribution in [2.24, 2.45) is 0 Å². The Morgan fingerprint density at radius 1 is 1.75 bits per heavy atom. The molecule has 0 aliphatic carbocycles. The topological polar surface area (TPSA) is 61.8 Å². The highest BCUT2D eigenvalue weighted by atomic mass is 16.8. The number of hydrogen-bond donors (Lipinski definition) is 0. The van der Waals surface area contributed by atoms with Crippen LogP contribution in [0.25, 0.3) is 0 Å². The number of methoxy groups -OCH3 is 1. The average Bonchev–Trinajstić information content (AvgIpc) is 2.47. The van der Waals surface area contributed by atoms with E-state index in [0.29, 0.717) is 0 Å². The third-order valence-corrected chi connectivity index (χ3v) is 1.26. The third kappa shape index (κ3) is 2.26. The summed E-state index contributed by atoms with van der Waals surface area (Å²) in [4.78, 5) is 20.9. The SMILES string of the molecule is COC(=O)/C=C/[C@@H]1COC(=O)O1. The van der Waals surface area contributed by atoms with E-state index in [1.807, 2.05) is 0 Å². The van der Waals surface area contributed by atoms with Crippen LogP contribution >= 0.6 is 0 Å². The smallest absolute Gasteiger partial charge is 0.466 e. The molecule has 0 aromatic heterocycles. The number of hydrogen-bond acceptors (Lipinski definition) is 5. The normalized spacial score (nSPS) is 22.1. The maximum atomic E-state index is 10.6. The number of carbonyl (C=O) groups excluding carboxylic acids is 2. The summed E-state index contributed by atoms with van der Waals surface area (Å²) in [6.45, 7) is 0.145. The number of rotatable bonds is 2. The number of esters is 1. The molecule has 0 spiro atoms. The lowest BCUT2D eigenvalue weighted by Crippen LogP contribution is -2.06. The molecule has 0 radical (unpaired) electrons. The monoisotopic (exact) mass is 172 g/mol. The predicted molar refractivity (Wildman–Crippen MR) is 37.4 cm³/mol. The molecular weight excluding hydrogens is 164 g/mol. The van der Waals surface area contributed by atoms with Gasteiger partial charge in [-0.15, -0.1) is 0 Å². The van der Waals surface area contributed by atoms with Gasteiger partial charge in [0, 0.05) is 6.08 Å². The van der Waals surface area contributed by atoms with Crippen LogP contribution in [0, 0.1) is 0 Å². The maximum absolute atomic E-state index is 10.6. The van der Waals surface area contributed by atoms with Crippen LogP contribution < -0.4 is 0 Å². The molecule has 12 heavy (non-hydrogen) atoms. The average molecular weight is 172 g/mol. The summed E-state index contributed by atoms with van der Waals surface area (Å²) in [5, 5.41) is 0. The number of carbonyl (C=O) groups is 2. The molecule has 1 aliphatic rings. The van der Waals surface area contributed by atoms with E-state index in [2.05, 4.69) is 14.2 Å².